The third kappa shape index (κ3) is 2.86. The molecule has 2 rings (SSSR count). The van der Waals surface area contributed by atoms with Crippen molar-refractivity contribution in [2.45, 2.75) is 19.9 Å². The van der Waals surface area contributed by atoms with Gasteiger partial charge in [-0.15, -0.1) is 12.4 Å². The number of aliphatic hydroxyl groups excluding tert-OH is 1. The summed E-state index contributed by atoms with van der Waals surface area (Å²) in [5.41, 5.74) is 7.93. The number of hydrogen-bond donors (Lipinski definition) is 3. The average Bonchev–Trinajstić information content (AvgIpc) is 2.80. The number of hydrogen-bond acceptors (Lipinski definition) is 3. The van der Waals surface area contributed by atoms with E-state index < -0.39 is 0 Å². The number of nitrogens with two attached hydrogens (primary N) is 1. The fourth-order valence-electron chi connectivity index (χ4n) is 2.02. The van der Waals surface area contributed by atoms with Gasteiger partial charge in [0, 0.05) is 35.2 Å². The Morgan fingerprint density at radius 2 is 2.11 bits per heavy atom. The van der Waals surface area contributed by atoms with Gasteiger partial charge < -0.3 is 20.6 Å². The average molecular weight is 285 g/mol. The van der Waals surface area contributed by atoms with E-state index in [9.17, 15) is 5.11 Å². The maximum absolute atomic E-state index is 9.42. The lowest BCUT2D eigenvalue weighted by Crippen LogP contribution is -2.32. The van der Waals surface area contributed by atoms with E-state index in [0.29, 0.717) is 0 Å². The van der Waals surface area contributed by atoms with E-state index in [4.69, 9.17) is 10.5 Å². The van der Waals surface area contributed by atoms with Gasteiger partial charge in [-0.2, -0.15) is 0 Å². The maximum atomic E-state index is 9.42. The first kappa shape index (κ1) is 15.8. The molecule has 2 aromatic rings. The highest BCUT2D eigenvalue weighted by molar-refractivity contribution is 5.85. The van der Waals surface area contributed by atoms with Crippen molar-refractivity contribution in [2.24, 2.45) is 11.1 Å². The normalized spacial score (nSPS) is 13.1. The van der Waals surface area contributed by atoms with Gasteiger partial charge in [0.25, 0.3) is 0 Å². The quantitative estimate of drug-likeness (QED) is 0.808. The van der Waals surface area contributed by atoms with Crippen LogP contribution in [0.2, 0.25) is 0 Å². The summed E-state index contributed by atoms with van der Waals surface area (Å²) in [5.74, 6) is 0.803. The zero-order chi connectivity index (χ0) is 13.3. The maximum Gasteiger partial charge on any atom is 0.119 e. The van der Waals surface area contributed by atoms with E-state index in [-0.39, 0.29) is 30.5 Å². The summed E-state index contributed by atoms with van der Waals surface area (Å²) in [6, 6.07) is 5.61. The second-order valence-corrected chi connectivity index (χ2v) is 5.28. The summed E-state index contributed by atoms with van der Waals surface area (Å²) in [6.07, 6.45) is 1.91. The number of aliphatic hydroxyl groups is 1. The number of aromatic amines is 1. The van der Waals surface area contributed by atoms with Crippen LogP contribution in [0.15, 0.2) is 24.4 Å². The Morgan fingerprint density at radius 1 is 1.42 bits per heavy atom. The van der Waals surface area contributed by atoms with Crippen LogP contribution in [0.1, 0.15) is 25.5 Å². The van der Waals surface area contributed by atoms with Crippen molar-refractivity contribution in [3.63, 3.8) is 0 Å². The first-order valence-corrected chi connectivity index (χ1v) is 6.01. The van der Waals surface area contributed by atoms with Crippen LogP contribution in [0.3, 0.4) is 0 Å². The van der Waals surface area contributed by atoms with Gasteiger partial charge >= 0.3 is 0 Å². The van der Waals surface area contributed by atoms with Crippen molar-refractivity contribution in [3.05, 3.63) is 30.0 Å². The zero-order valence-corrected chi connectivity index (χ0v) is 12.3. The van der Waals surface area contributed by atoms with Crippen LogP contribution in [0.25, 0.3) is 10.9 Å². The minimum absolute atomic E-state index is 0. The molecule has 5 heteroatoms. The Hall–Kier alpha value is -1.23. The van der Waals surface area contributed by atoms with Gasteiger partial charge in [0.2, 0.25) is 0 Å². The molecule has 0 aliphatic rings. The highest BCUT2D eigenvalue weighted by Gasteiger charge is 2.28. The summed E-state index contributed by atoms with van der Waals surface area (Å²) in [4.78, 5) is 3.20. The van der Waals surface area contributed by atoms with Gasteiger partial charge in [-0.05, 0) is 23.8 Å². The van der Waals surface area contributed by atoms with E-state index >= 15 is 0 Å². The molecule has 0 bridgehead atoms. The van der Waals surface area contributed by atoms with E-state index in [1.807, 2.05) is 38.2 Å². The SMILES string of the molecule is COc1ccc2[nH]cc([C@H](N)C(C)(C)CO)c2c1.Cl. The molecule has 0 saturated carbocycles. The Morgan fingerprint density at radius 3 is 2.68 bits per heavy atom. The Balaban J connectivity index is 0.00000180. The van der Waals surface area contributed by atoms with Crippen LogP contribution in [0.5, 0.6) is 5.75 Å². The number of fused-ring (bicyclic) bond motifs is 1. The van der Waals surface area contributed by atoms with Crippen LogP contribution in [0.4, 0.5) is 0 Å². The fraction of sp³-hybridized carbons (Fsp3) is 0.429. The lowest BCUT2D eigenvalue weighted by atomic mass is 9.82. The van der Waals surface area contributed by atoms with E-state index in [0.717, 1.165) is 22.2 Å². The van der Waals surface area contributed by atoms with Gasteiger partial charge in [-0.3, -0.25) is 0 Å². The fourth-order valence-corrected chi connectivity index (χ4v) is 2.02. The molecule has 0 spiro atoms. The Kier molecular flexibility index (Phi) is 4.85. The number of aromatic nitrogens is 1. The van der Waals surface area contributed by atoms with E-state index in [1.165, 1.54) is 0 Å². The van der Waals surface area contributed by atoms with Crippen LogP contribution < -0.4 is 10.5 Å². The first-order chi connectivity index (χ1) is 8.49. The van der Waals surface area contributed by atoms with Crippen molar-refractivity contribution in [3.8, 4) is 5.75 Å². The van der Waals surface area contributed by atoms with Crippen molar-refractivity contribution >= 4 is 23.3 Å². The molecule has 4 nitrogen and oxygen atoms in total. The molecule has 0 unspecified atom stereocenters. The zero-order valence-electron chi connectivity index (χ0n) is 11.4. The summed E-state index contributed by atoms with van der Waals surface area (Å²) in [5, 5.41) is 10.5. The topological polar surface area (TPSA) is 71.3 Å². The Labute approximate surface area is 119 Å². The van der Waals surface area contributed by atoms with Gasteiger partial charge in [0.15, 0.2) is 0 Å². The van der Waals surface area contributed by atoms with Gasteiger partial charge in [0.1, 0.15) is 5.75 Å². The molecular weight excluding hydrogens is 264 g/mol. The molecule has 1 aromatic carbocycles. The third-order valence-electron chi connectivity index (χ3n) is 3.51. The number of H-pyrrole nitrogens is 1. The lowest BCUT2D eigenvalue weighted by Gasteiger charge is -2.29. The predicted molar refractivity (Wildman–Crippen MR) is 79.9 cm³/mol. The largest absolute Gasteiger partial charge is 0.497 e. The second-order valence-electron chi connectivity index (χ2n) is 5.28. The first-order valence-electron chi connectivity index (χ1n) is 6.01. The van der Waals surface area contributed by atoms with Gasteiger partial charge in [-0.1, -0.05) is 13.8 Å². The molecule has 1 aromatic heterocycles. The predicted octanol–water partition coefficient (Wildman–Crippen LogP) is 2.62. The number of halogens is 1. The molecule has 19 heavy (non-hydrogen) atoms. The van der Waals surface area contributed by atoms with Gasteiger partial charge in [0.05, 0.1) is 7.11 Å². The molecule has 0 aliphatic heterocycles. The molecule has 0 saturated heterocycles. The third-order valence-corrected chi connectivity index (χ3v) is 3.51. The minimum Gasteiger partial charge on any atom is -0.497 e. The number of nitrogens with one attached hydrogen (secondary N) is 1. The lowest BCUT2D eigenvalue weighted by molar-refractivity contribution is 0.133. The molecule has 0 fully saturated rings. The van der Waals surface area contributed by atoms with Crippen LogP contribution in [-0.2, 0) is 0 Å². The molecule has 0 amide bonds. The highest BCUT2D eigenvalue weighted by Crippen LogP contribution is 2.35. The smallest absolute Gasteiger partial charge is 0.119 e. The summed E-state index contributed by atoms with van der Waals surface area (Å²) in [7, 11) is 1.64. The molecule has 0 radical (unpaired) electrons. The number of methoxy groups -OCH3 is 1. The number of ether oxygens (including phenoxy) is 1. The standard InChI is InChI=1S/C14H20N2O2.ClH/c1-14(2,8-17)13(15)11-7-16-12-5-4-9(18-3)6-10(11)12;/h4-7,13,16-17H,8,15H2,1-3H3;1H/t13-;/m0./s1. The molecular formula is C14H21ClN2O2. The van der Waals surface area contributed by atoms with Crippen molar-refractivity contribution in [1.29, 1.82) is 0 Å². The summed E-state index contributed by atoms with van der Waals surface area (Å²) in [6.45, 7) is 3.96. The molecule has 1 heterocycles. The van der Waals surface area contributed by atoms with Crippen LogP contribution in [0, 0.1) is 5.41 Å². The highest BCUT2D eigenvalue weighted by atomic mass is 35.5. The summed E-state index contributed by atoms with van der Waals surface area (Å²) < 4.78 is 5.23. The van der Waals surface area contributed by atoms with Crippen molar-refractivity contribution in [1.82, 2.24) is 4.98 Å². The Bertz CT molecular complexity index is 551. The van der Waals surface area contributed by atoms with Crippen molar-refractivity contribution in [2.75, 3.05) is 13.7 Å². The second kappa shape index (κ2) is 5.82. The van der Waals surface area contributed by atoms with Crippen LogP contribution >= 0.6 is 12.4 Å². The molecule has 106 valence electrons. The van der Waals surface area contributed by atoms with Crippen molar-refractivity contribution < 1.29 is 9.84 Å². The van der Waals surface area contributed by atoms with E-state index in [1.54, 1.807) is 7.11 Å². The number of benzene rings is 1. The van der Waals surface area contributed by atoms with E-state index in [2.05, 4.69) is 4.98 Å². The molecule has 4 N–H and O–H groups in total. The molecule has 0 aliphatic carbocycles. The summed E-state index contributed by atoms with van der Waals surface area (Å²) >= 11 is 0. The molecule has 1 atom stereocenters. The monoisotopic (exact) mass is 284 g/mol. The number of rotatable bonds is 4. The van der Waals surface area contributed by atoms with Gasteiger partial charge in [-0.25, -0.2) is 0 Å². The minimum atomic E-state index is -0.363. The van der Waals surface area contributed by atoms with Crippen LogP contribution in [-0.4, -0.2) is 23.8 Å².